The Morgan fingerprint density at radius 3 is 2.56 bits per heavy atom. The molecular formula is C27H48N4O4S. The molecule has 0 saturated heterocycles. The molecule has 2 unspecified atom stereocenters. The number of allylic oxidation sites excluding steroid dienone is 1. The number of carbonyl (C=O) groups is 1. The van der Waals surface area contributed by atoms with Crippen molar-refractivity contribution >= 4 is 28.1 Å². The summed E-state index contributed by atoms with van der Waals surface area (Å²) >= 11 is 1.71. The normalized spacial score (nSPS) is 18.4. The van der Waals surface area contributed by atoms with Gasteiger partial charge in [-0.1, -0.05) is 20.4 Å². The third kappa shape index (κ3) is 6.79. The molecule has 1 saturated carbocycles. The molecule has 36 heavy (non-hydrogen) atoms. The number of hydrogen-bond acceptors (Lipinski definition) is 6. The van der Waals surface area contributed by atoms with E-state index in [4.69, 9.17) is 4.74 Å². The second-order valence-corrected chi connectivity index (χ2v) is 11.4. The maximum absolute atomic E-state index is 12.7. The number of nitrogens with one attached hydrogen (secondary N) is 4. The van der Waals surface area contributed by atoms with Gasteiger partial charge in [0.25, 0.3) is 0 Å². The molecule has 1 heterocycles. The predicted octanol–water partition coefficient (Wildman–Crippen LogP) is 5.34. The zero-order valence-corrected chi connectivity index (χ0v) is 22.5. The fourth-order valence-electron chi connectivity index (χ4n) is 4.51. The topological polar surface area (TPSA) is 126 Å². The van der Waals surface area contributed by atoms with E-state index in [2.05, 4.69) is 41.7 Å². The van der Waals surface area contributed by atoms with Crippen LogP contribution in [0, 0.1) is 11.8 Å². The molecule has 2 amide bonds. The summed E-state index contributed by atoms with van der Waals surface area (Å²) in [5.74, 6) is 1.67. The Bertz CT molecular complexity index is 1080. The van der Waals surface area contributed by atoms with Crippen LogP contribution < -0.4 is 26.0 Å². The van der Waals surface area contributed by atoms with Gasteiger partial charge in [0.05, 0.1) is 7.11 Å². The lowest BCUT2D eigenvalue weighted by atomic mass is 9.88. The van der Waals surface area contributed by atoms with Gasteiger partial charge in [0.15, 0.2) is 0 Å². The van der Waals surface area contributed by atoms with Crippen LogP contribution in [0.2, 0.25) is 0 Å². The summed E-state index contributed by atoms with van der Waals surface area (Å²) in [6.07, 6.45) is 4.73. The fourth-order valence-corrected chi connectivity index (χ4v) is 5.89. The molecule has 1 aromatic carbocycles. The average Bonchev–Trinajstić information content (AvgIpc) is 3.60. The first-order valence-corrected chi connectivity index (χ1v) is 13.3. The number of hydrogen-bond donors (Lipinski definition) is 5. The molecule has 9 heteroatoms. The number of ether oxygens (including phenoxy) is 1. The molecular weight excluding hydrogens is 476 g/mol. The van der Waals surface area contributed by atoms with Gasteiger partial charge in [0.2, 0.25) is 0 Å². The van der Waals surface area contributed by atoms with Gasteiger partial charge in [-0.05, 0) is 80.7 Å². The largest absolute Gasteiger partial charge is 0.497 e. The fraction of sp³-hybridized carbons (Fsp3) is 0.519. The second-order valence-electron chi connectivity index (χ2n) is 10.2. The highest BCUT2D eigenvalue weighted by molar-refractivity contribution is 7.16. The lowest BCUT2D eigenvalue weighted by Crippen LogP contribution is -2.44. The molecule has 0 spiro atoms. The summed E-state index contributed by atoms with van der Waals surface area (Å²) in [6, 6.07) is 7.01. The number of aliphatic hydroxyl groups is 1. The number of urea groups is 1. The van der Waals surface area contributed by atoms with Crippen LogP contribution in [0.5, 0.6) is 5.75 Å². The van der Waals surface area contributed by atoms with Gasteiger partial charge < -0.3 is 31.3 Å². The van der Waals surface area contributed by atoms with E-state index >= 15 is 0 Å². The minimum atomic E-state index is -1.19. The van der Waals surface area contributed by atoms with Gasteiger partial charge in [-0.3, -0.25) is 5.32 Å². The molecule has 2 aliphatic rings. The molecule has 4 rings (SSSR count). The second kappa shape index (κ2) is 11.6. The minimum Gasteiger partial charge on any atom is -0.497 e. The van der Waals surface area contributed by atoms with E-state index in [1.54, 1.807) is 18.4 Å². The van der Waals surface area contributed by atoms with Crippen LogP contribution in [-0.2, 0) is 18.6 Å². The number of rotatable bonds is 10. The molecule has 0 bridgehead atoms. The van der Waals surface area contributed by atoms with Crippen molar-refractivity contribution in [3.05, 3.63) is 52.5 Å². The maximum Gasteiger partial charge on any atom is 0.319 e. The Morgan fingerprint density at radius 1 is 1.25 bits per heavy atom. The van der Waals surface area contributed by atoms with Crippen molar-refractivity contribution in [1.82, 2.24) is 10.6 Å². The molecule has 2 aromatic rings. The quantitative estimate of drug-likeness (QED) is 0.268. The smallest absolute Gasteiger partial charge is 0.319 e. The predicted molar refractivity (Wildman–Crippen MR) is 155 cm³/mol. The number of carbonyl (C=O) groups excluding carboxylic acids is 1. The van der Waals surface area contributed by atoms with Crippen LogP contribution in [-0.4, -0.2) is 36.3 Å². The number of benzene rings is 1. The Kier molecular flexibility index (Phi) is 9.05. The number of thiophene rings is 1. The molecule has 206 valence electrons. The van der Waals surface area contributed by atoms with Crippen LogP contribution in [0.1, 0.15) is 61.7 Å². The SMILES string of the molecule is C=C(Nc1sc2c(c1C(C)(O)NCC(C)C)CC(NC(=O)Nc1ccc(OC)cc1)CC2)C1CC1.O.[HH].[HH].[HH].[HH]. The van der Waals surface area contributed by atoms with Crippen molar-refractivity contribution in [1.29, 1.82) is 0 Å². The van der Waals surface area contributed by atoms with E-state index in [0.29, 0.717) is 30.5 Å². The molecule has 2 atom stereocenters. The molecule has 1 fully saturated rings. The summed E-state index contributed by atoms with van der Waals surface area (Å²) in [4.78, 5) is 14.0. The van der Waals surface area contributed by atoms with E-state index in [9.17, 15) is 9.90 Å². The Hall–Kier alpha value is -2.59. The van der Waals surface area contributed by atoms with Crippen molar-refractivity contribution in [3.63, 3.8) is 0 Å². The Morgan fingerprint density at radius 2 is 1.94 bits per heavy atom. The van der Waals surface area contributed by atoms with Crippen LogP contribution >= 0.6 is 11.3 Å². The van der Waals surface area contributed by atoms with E-state index in [1.807, 2.05) is 31.2 Å². The molecule has 1 aromatic heterocycles. The van der Waals surface area contributed by atoms with Gasteiger partial charge in [-0.15, -0.1) is 11.3 Å². The number of fused-ring (bicyclic) bond motifs is 1. The molecule has 8 nitrogen and oxygen atoms in total. The van der Waals surface area contributed by atoms with Crippen molar-refractivity contribution in [3.8, 4) is 5.75 Å². The number of anilines is 2. The lowest BCUT2D eigenvalue weighted by Gasteiger charge is -2.31. The van der Waals surface area contributed by atoms with Crippen LogP contribution in [0.4, 0.5) is 15.5 Å². The van der Waals surface area contributed by atoms with Crippen LogP contribution in [0.15, 0.2) is 36.5 Å². The third-order valence-corrected chi connectivity index (χ3v) is 7.84. The zero-order valence-electron chi connectivity index (χ0n) is 21.7. The number of aryl methyl sites for hydroxylation is 1. The summed E-state index contributed by atoms with van der Waals surface area (Å²) in [5, 5.41) is 25.4. The van der Waals surface area contributed by atoms with Crippen molar-refractivity contribution in [2.75, 3.05) is 24.3 Å². The third-order valence-electron chi connectivity index (χ3n) is 6.63. The summed E-state index contributed by atoms with van der Waals surface area (Å²) < 4.78 is 5.18. The van der Waals surface area contributed by atoms with Gasteiger partial charge in [-0.25, -0.2) is 4.79 Å². The molecule has 2 aliphatic carbocycles. The van der Waals surface area contributed by atoms with Crippen molar-refractivity contribution < 1.29 is 25.8 Å². The number of amides is 2. The van der Waals surface area contributed by atoms with Gasteiger partial charge in [0.1, 0.15) is 16.5 Å². The van der Waals surface area contributed by atoms with E-state index in [-0.39, 0.29) is 23.3 Å². The first-order valence-electron chi connectivity index (χ1n) is 12.5. The lowest BCUT2D eigenvalue weighted by molar-refractivity contribution is 0.0172. The molecule has 0 radical (unpaired) electrons. The van der Waals surface area contributed by atoms with Crippen LogP contribution in [0.3, 0.4) is 0 Å². The van der Waals surface area contributed by atoms with Gasteiger partial charge >= 0.3 is 6.03 Å². The van der Waals surface area contributed by atoms with Crippen molar-refractivity contribution in [2.45, 2.75) is 64.6 Å². The average molecular weight is 525 g/mol. The summed E-state index contributed by atoms with van der Waals surface area (Å²) in [5.41, 5.74) is 2.57. The number of methoxy groups -OCH3 is 1. The van der Waals surface area contributed by atoms with E-state index < -0.39 is 5.72 Å². The first kappa shape index (κ1) is 28.0. The summed E-state index contributed by atoms with van der Waals surface area (Å²) in [6.45, 7) is 11.0. The van der Waals surface area contributed by atoms with Gasteiger partial charge in [-0.2, -0.15) is 0 Å². The Balaban J connectivity index is 0. The first-order chi connectivity index (χ1) is 16.7. The molecule has 0 aliphatic heterocycles. The zero-order chi connectivity index (χ0) is 25.2. The van der Waals surface area contributed by atoms with Gasteiger partial charge in [0, 0.05) is 40.1 Å². The standard InChI is InChI=1S/C27H38N4O3S.H2O.4H2/c1-16(2)15-28-27(4,33)24-22-14-20(31-26(32)30-19-8-11-21(34-5)12-9-19)10-13-23(22)35-25(24)29-17(3)18-6-7-18;;;;;/h8-9,11-12,16,18,20,28-29,33H,3,6-7,10,13-15H2,1-2,4-5H3,(H2,30,31,32);1H2;4*1H. The van der Waals surface area contributed by atoms with E-state index in [0.717, 1.165) is 40.4 Å². The summed E-state index contributed by atoms with van der Waals surface area (Å²) in [7, 11) is 1.61. The monoisotopic (exact) mass is 524 g/mol. The minimum absolute atomic E-state index is 0. The Labute approximate surface area is 223 Å². The van der Waals surface area contributed by atoms with E-state index in [1.165, 1.54) is 17.7 Å². The highest BCUT2D eigenvalue weighted by Gasteiger charge is 2.36. The van der Waals surface area contributed by atoms with Crippen LogP contribution in [0.25, 0.3) is 0 Å². The highest BCUT2D eigenvalue weighted by Crippen LogP contribution is 2.45. The maximum atomic E-state index is 12.7. The highest BCUT2D eigenvalue weighted by atomic mass is 32.1. The van der Waals surface area contributed by atoms with Crippen molar-refractivity contribution in [2.24, 2.45) is 11.8 Å². The molecule has 7 N–H and O–H groups in total.